The number of halogens is 1. The van der Waals surface area contributed by atoms with Gasteiger partial charge in [0.2, 0.25) is 0 Å². The summed E-state index contributed by atoms with van der Waals surface area (Å²) in [5.74, 6) is -0.173. The molecule has 3 nitrogen and oxygen atoms in total. The molecule has 2 aromatic heterocycles. The molecular formula is C22H17ClN2OS. The maximum Gasteiger partial charge on any atom is 0.256 e. The summed E-state index contributed by atoms with van der Waals surface area (Å²) in [5.41, 5.74) is 3.76. The van der Waals surface area contributed by atoms with Gasteiger partial charge >= 0.3 is 0 Å². The highest BCUT2D eigenvalue weighted by atomic mass is 35.5. The Kier molecular flexibility index (Phi) is 4.68. The van der Waals surface area contributed by atoms with E-state index in [9.17, 15) is 4.79 Å². The number of amides is 1. The number of nitrogens with zero attached hydrogens (tertiary/aromatic N) is 1. The van der Waals surface area contributed by atoms with E-state index in [0.717, 1.165) is 27.0 Å². The van der Waals surface area contributed by atoms with Gasteiger partial charge in [0, 0.05) is 21.0 Å². The Balaban J connectivity index is 1.82. The smallest absolute Gasteiger partial charge is 0.256 e. The molecule has 0 fully saturated rings. The average molecular weight is 393 g/mol. The third kappa shape index (κ3) is 3.46. The Morgan fingerprint density at radius 3 is 2.63 bits per heavy atom. The molecule has 4 aromatic rings. The summed E-state index contributed by atoms with van der Waals surface area (Å²) in [6.45, 7) is 3.95. The number of hydrogen-bond acceptors (Lipinski definition) is 3. The number of aryl methyl sites for hydroxylation is 1. The monoisotopic (exact) mass is 392 g/mol. The van der Waals surface area contributed by atoms with Crippen molar-refractivity contribution in [3.8, 4) is 10.6 Å². The number of hydrogen-bond donors (Lipinski definition) is 1. The Labute approximate surface area is 166 Å². The van der Waals surface area contributed by atoms with Crippen molar-refractivity contribution in [2.45, 2.75) is 13.8 Å². The van der Waals surface area contributed by atoms with Crippen LogP contribution in [0.5, 0.6) is 0 Å². The van der Waals surface area contributed by atoms with Crippen LogP contribution >= 0.6 is 22.9 Å². The molecule has 0 saturated carbocycles. The van der Waals surface area contributed by atoms with Crippen molar-refractivity contribution in [2.75, 3.05) is 5.32 Å². The second-order valence-electron chi connectivity index (χ2n) is 6.35. The maximum atomic E-state index is 13.1. The molecule has 0 radical (unpaired) electrons. The molecule has 1 N–H and O–H groups in total. The highest BCUT2D eigenvalue weighted by Gasteiger charge is 2.16. The minimum absolute atomic E-state index is 0.173. The number of carbonyl (C=O) groups excluding carboxylic acids is 1. The van der Waals surface area contributed by atoms with Gasteiger partial charge in [-0.25, -0.2) is 4.98 Å². The standard InChI is InChI=1S/C22H17ClN2OS/c1-13-10-11-21(27-13)20-12-16(15-6-3-4-8-19(15)24-20)22(26)25-18-9-5-7-17(23)14(18)2/h3-12H,1-2H3,(H,25,26). The summed E-state index contributed by atoms with van der Waals surface area (Å²) in [5, 5.41) is 4.45. The number of nitrogens with one attached hydrogen (secondary N) is 1. The van der Waals surface area contributed by atoms with Gasteiger partial charge in [-0.15, -0.1) is 11.3 Å². The number of fused-ring (bicyclic) bond motifs is 1. The van der Waals surface area contributed by atoms with E-state index in [1.165, 1.54) is 4.88 Å². The summed E-state index contributed by atoms with van der Waals surface area (Å²) in [4.78, 5) is 20.1. The summed E-state index contributed by atoms with van der Waals surface area (Å²) < 4.78 is 0. The molecule has 0 aliphatic carbocycles. The van der Waals surface area contributed by atoms with Crippen LogP contribution in [0.15, 0.2) is 60.7 Å². The molecule has 0 spiro atoms. The molecule has 2 heterocycles. The molecular weight excluding hydrogens is 376 g/mol. The Bertz CT molecular complexity index is 1170. The van der Waals surface area contributed by atoms with E-state index in [1.807, 2.05) is 61.5 Å². The lowest BCUT2D eigenvalue weighted by Gasteiger charge is -2.12. The third-order valence-electron chi connectivity index (χ3n) is 4.47. The molecule has 5 heteroatoms. The van der Waals surface area contributed by atoms with Crippen molar-refractivity contribution < 1.29 is 4.79 Å². The van der Waals surface area contributed by atoms with Crippen LogP contribution in [0.3, 0.4) is 0 Å². The van der Waals surface area contributed by atoms with Crippen LogP contribution in [0.25, 0.3) is 21.5 Å². The zero-order valence-electron chi connectivity index (χ0n) is 14.9. The lowest BCUT2D eigenvalue weighted by atomic mass is 10.1. The first kappa shape index (κ1) is 17.7. The van der Waals surface area contributed by atoms with E-state index in [-0.39, 0.29) is 5.91 Å². The zero-order valence-corrected chi connectivity index (χ0v) is 16.5. The van der Waals surface area contributed by atoms with E-state index < -0.39 is 0 Å². The van der Waals surface area contributed by atoms with Gasteiger partial charge in [-0.2, -0.15) is 0 Å². The first-order valence-corrected chi connectivity index (χ1v) is 9.75. The number of pyridine rings is 1. The van der Waals surface area contributed by atoms with Crippen molar-refractivity contribution in [3.05, 3.63) is 81.7 Å². The van der Waals surface area contributed by atoms with E-state index >= 15 is 0 Å². The van der Waals surface area contributed by atoms with Crippen LogP contribution in [0, 0.1) is 13.8 Å². The molecule has 2 aromatic carbocycles. The van der Waals surface area contributed by atoms with Gasteiger partial charge in [-0.3, -0.25) is 4.79 Å². The number of benzene rings is 2. The third-order valence-corrected chi connectivity index (χ3v) is 5.90. The minimum Gasteiger partial charge on any atom is -0.322 e. The van der Waals surface area contributed by atoms with Crippen molar-refractivity contribution in [1.29, 1.82) is 0 Å². The molecule has 0 aliphatic heterocycles. The zero-order chi connectivity index (χ0) is 19.0. The van der Waals surface area contributed by atoms with E-state index in [2.05, 4.69) is 18.3 Å². The fourth-order valence-electron chi connectivity index (χ4n) is 2.99. The number of rotatable bonds is 3. The number of aromatic nitrogens is 1. The quantitative estimate of drug-likeness (QED) is 0.433. The van der Waals surface area contributed by atoms with Gasteiger partial charge in [-0.05, 0) is 55.8 Å². The van der Waals surface area contributed by atoms with Crippen molar-refractivity contribution >= 4 is 45.4 Å². The summed E-state index contributed by atoms with van der Waals surface area (Å²) >= 11 is 7.85. The van der Waals surface area contributed by atoms with Crippen molar-refractivity contribution in [1.82, 2.24) is 4.98 Å². The van der Waals surface area contributed by atoms with Crippen molar-refractivity contribution in [2.24, 2.45) is 0 Å². The molecule has 0 atom stereocenters. The summed E-state index contributed by atoms with van der Waals surface area (Å²) in [6, 6.07) is 19.2. The molecule has 27 heavy (non-hydrogen) atoms. The lowest BCUT2D eigenvalue weighted by Crippen LogP contribution is -2.14. The summed E-state index contributed by atoms with van der Waals surface area (Å²) in [6.07, 6.45) is 0. The topological polar surface area (TPSA) is 42.0 Å². The van der Waals surface area contributed by atoms with Crippen LogP contribution in [0.4, 0.5) is 5.69 Å². The van der Waals surface area contributed by atoms with Gasteiger partial charge in [0.15, 0.2) is 0 Å². The molecule has 4 rings (SSSR count). The first-order valence-electron chi connectivity index (χ1n) is 8.56. The van der Waals surface area contributed by atoms with Gasteiger partial charge in [0.1, 0.15) is 0 Å². The molecule has 0 unspecified atom stereocenters. The second kappa shape index (κ2) is 7.14. The SMILES string of the molecule is Cc1ccc(-c2cc(C(=O)Nc3cccc(Cl)c3C)c3ccccc3n2)s1. The van der Waals surface area contributed by atoms with Gasteiger partial charge in [0.25, 0.3) is 5.91 Å². The number of carbonyl (C=O) groups is 1. The van der Waals surface area contributed by atoms with E-state index in [4.69, 9.17) is 16.6 Å². The second-order valence-corrected chi connectivity index (χ2v) is 8.04. The Morgan fingerprint density at radius 1 is 1.04 bits per heavy atom. The average Bonchev–Trinajstić information content (AvgIpc) is 3.11. The highest BCUT2D eigenvalue weighted by molar-refractivity contribution is 7.15. The molecule has 1 amide bonds. The maximum absolute atomic E-state index is 13.1. The number of para-hydroxylation sites is 1. The summed E-state index contributed by atoms with van der Waals surface area (Å²) in [7, 11) is 0. The molecule has 134 valence electrons. The van der Waals surface area contributed by atoms with E-state index in [1.54, 1.807) is 11.3 Å². The number of anilines is 1. The minimum atomic E-state index is -0.173. The fraction of sp³-hybridized carbons (Fsp3) is 0.0909. The van der Waals surface area contributed by atoms with Gasteiger partial charge in [0.05, 0.1) is 21.7 Å². The van der Waals surface area contributed by atoms with Crippen LogP contribution < -0.4 is 5.32 Å². The molecule has 0 bridgehead atoms. The molecule has 0 aliphatic rings. The normalized spacial score (nSPS) is 10.9. The van der Waals surface area contributed by atoms with Crippen LogP contribution in [0.1, 0.15) is 20.8 Å². The van der Waals surface area contributed by atoms with Crippen molar-refractivity contribution in [3.63, 3.8) is 0 Å². The van der Waals surface area contributed by atoms with Gasteiger partial charge in [-0.1, -0.05) is 35.9 Å². The first-order chi connectivity index (χ1) is 13.0. The largest absolute Gasteiger partial charge is 0.322 e. The molecule has 0 saturated heterocycles. The predicted octanol–water partition coefficient (Wildman–Crippen LogP) is 6.49. The predicted molar refractivity (Wildman–Crippen MR) is 114 cm³/mol. The van der Waals surface area contributed by atoms with E-state index in [0.29, 0.717) is 16.3 Å². The van der Waals surface area contributed by atoms with Crippen LogP contribution in [-0.2, 0) is 0 Å². The number of thiophene rings is 1. The Morgan fingerprint density at radius 2 is 1.85 bits per heavy atom. The van der Waals surface area contributed by atoms with Crippen LogP contribution in [-0.4, -0.2) is 10.9 Å². The fourth-order valence-corrected chi connectivity index (χ4v) is 4.00. The lowest BCUT2D eigenvalue weighted by molar-refractivity contribution is 0.102. The van der Waals surface area contributed by atoms with Gasteiger partial charge < -0.3 is 5.32 Å². The highest BCUT2D eigenvalue weighted by Crippen LogP contribution is 2.31. The Hall–Kier alpha value is -2.69. The van der Waals surface area contributed by atoms with Crippen LogP contribution in [0.2, 0.25) is 5.02 Å².